The molecule has 3 rings (SSSR count). The Labute approximate surface area is 169 Å². The highest BCUT2D eigenvalue weighted by Crippen LogP contribution is 2.18. The predicted molar refractivity (Wildman–Crippen MR) is 111 cm³/mol. The molecule has 0 radical (unpaired) electrons. The molecule has 0 aliphatic carbocycles. The van der Waals surface area contributed by atoms with E-state index in [1.54, 1.807) is 24.1 Å². The third-order valence-electron chi connectivity index (χ3n) is 4.26. The third kappa shape index (κ3) is 5.34. The number of amides is 1. The van der Waals surface area contributed by atoms with Gasteiger partial charge >= 0.3 is 0 Å². The van der Waals surface area contributed by atoms with Crippen LogP contribution in [0.15, 0.2) is 60.8 Å². The number of carbonyl (C=O) groups excluding carboxylic acids is 1. The highest BCUT2D eigenvalue weighted by atomic mass is 35.5. The Kier molecular flexibility index (Phi) is 6.68. The Hall–Kier alpha value is -2.83. The highest BCUT2D eigenvalue weighted by Gasteiger charge is 2.12. The summed E-state index contributed by atoms with van der Waals surface area (Å²) in [6, 6.07) is 17.2. The van der Waals surface area contributed by atoms with E-state index in [4.69, 9.17) is 16.3 Å². The summed E-state index contributed by atoms with van der Waals surface area (Å²) >= 11 is 6.22. The average Bonchev–Trinajstić information content (AvgIpc) is 3.10. The van der Waals surface area contributed by atoms with Gasteiger partial charge in [0.1, 0.15) is 11.6 Å². The summed E-state index contributed by atoms with van der Waals surface area (Å²) in [5.74, 6) is 1.34. The van der Waals surface area contributed by atoms with Gasteiger partial charge in [-0.05, 0) is 36.4 Å². The number of benzene rings is 2. The Morgan fingerprint density at radius 2 is 2.04 bits per heavy atom. The number of aromatic nitrogens is 2. The number of hydrogen-bond acceptors (Lipinski definition) is 4. The van der Waals surface area contributed by atoms with Gasteiger partial charge in [0.05, 0.1) is 26.4 Å². The summed E-state index contributed by atoms with van der Waals surface area (Å²) in [4.78, 5) is 14.4. The zero-order valence-electron chi connectivity index (χ0n) is 15.9. The number of carbonyl (C=O) groups is 1. The van der Waals surface area contributed by atoms with Gasteiger partial charge in [0.15, 0.2) is 0 Å². The van der Waals surface area contributed by atoms with Gasteiger partial charge in [0.2, 0.25) is 5.91 Å². The molecule has 0 saturated heterocycles. The quantitative estimate of drug-likeness (QED) is 0.629. The highest BCUT2D eigenvalue weighted by molar-refractivity contribution is 6.31. The Morgan fingerprint density at radius 3 is 2.82 bits per heavy atom. The van der Waals surface area contributed by atoms with Gasteiger partial charge in [0.25, 0.3) is 0 Å². The predicted octanol–water partition coefficient (Wildman–Crippen LogP) is 3.66. The van der Waals surface area contributed by atoms with Crippen LogP contribution in [0.1, 0.15) is 11.1 Å². The van der Waals surface area contributed by atoms with E-state index in [0.29, 0.717) is 23.9 Å². The van der Waals surface area contributed by atoms with Crippen LogP contribution in [0.5, 0.6) is 5.75 Å². The van der Waals surface area contributed by atoms with Crippen molar-refractivity contribution in [3.05, 3.63) is 76.9 Å². The lowest BCUT2D eigenvalue weighted by molar-refractivity contribution is -0.117. The summed E-state index contributed by atoms with van der Waals surface area (Å²) < 4.78 is 6.96. The second-order valence-corrected chi connectivity index (χ2v) is 6.94. The molecule has 0 atom stereocenters. The van der Waals surface area contributed by atoms with E-state index in [9.17, 15) is 4.79 Å². The van der Waals surface area contributed by atoms with E-state index in [2.05, 4.69) is 10.4 Å². The molecule has 146 valence electrons. The van der Waals surface area contributed by atoms with Crippen LogP contribution in [-0.2, 0) is 17.9 Å². The number of anilines is 1. The van der Waals surface area contributed by atoms with Crippen molar-refractivity contribution in [1.29, 1.82) is 0 Å². The minimum Gasteiger partial charge on any atom is -0.497 e. The summed E-state index contributed by atoms with van der Waals surface area (Å²) in [6.07, 6.45) is 1.66. The van der Waals surface area contributed by atoms with Crippen LogP contribution in [0.4, 0.5) is 5.82 Å². The van der Waals surface area contributed by atoms with Crippen molar-refractivity contribution in [2.75, 3.05) is 26.0 Å². The molecular weight excluding hydrogens is 376 g/mol. The number of nitrogens with one attached hydrogen (secondary N) is 1. The Balaban J connectivity index is 1.58. The lowest BCUT2D eigenvalue weighted by atomic mass is 10.2. The van der Waals surface area contributed by atoms with Crippen molar-refractivity contribution in [1.82, 2.24) is 14.7 Å². The standard InChI is InChI=1S/C21H23ClN4O2/c1-25(13-16-6-5-8-18(12-16)28-2)15-21(27)24-20-10-11-23-26(20)14-17-7-3-4-9-19(17)22/h3-12H,13-15H2,1-2H3,(H,24,27). The first-order valence-corrected chi connectivity index (χ1v) is 9.29. The topological polar surface area (TPSA) is 59.4 Å². The molecule has 0 unspecified atom stereocenters. The lowest BCUT2D eigenvalue weighted by Crippen LogP contribution is -2.30. The molecule has 6 nitrogen and oxygen atoms in total. The number of hydrogen-bond donors (Lipinski definition) is 1. The van der Waals surface area contributed by atoms with E-state index in [1.807, 2.05) is 60.5 Å². The normalized spacial score (nSPS) is 10.9. The number of methoxy groups -OCH3 is 1. The van der Waals surface area contributed by atoms with Crippen LogP contribution in [0, 0.1) is 0 Å². The van der Waals surface area contributed by atoms with Gasteiger partial charge in [-0.15, -0.1) is 0 Å². The number of halogens is 1. The maximum atomic E-state index is 12.5. The van der Waals surface area contributed by atoms with Crippen molar-refractivity contribution in [2.45, 2.75) is 13.1 Å². The molecule has 28 heavy (non-hydrogen) atoms. The van der Waals surface area contributed by atoms with Crippen LogP contribution in [0.3, 0.4) is 0 Å². The molecule has 1 N–H and O–H groups in total. The number of nitrogens with zero attached hydrogens (tertiary/aromatic N) is 3. The van der Waals surface area contributed by atoms with Gasteiger partial charge in [-0.3, -0.25) is 9.69 Å². The molecule has 2 aromatic carbocycles. The van der Waals surface area contributed by atoms with E-state index >= 15 is 0 Å². The number of ether oxygens (including phenoxy) is 1. The van der Waals surface area contributed by atoms with Gasteiger partial charge in [-0.25, -0.2) is 4.68 Å². The van der Waals surface area contributed by atoms with E-state index in [1.165, 1.54) is 0 Å². The molecule has 0 spiro atoms. The molecule has 0 fully saturated rings. The molecular formula is C21H23ClN4O2. The molecule has 0 aliphatic heterocycles. The number of rotatable bonds is 8. The minimum atomic E-state index is -0.105. The van der Waals surface area contributed by atoms with E-state index < -0.39 is 0 Å². The average molecular weight is 399 g/mol. The summed E-state index contributed by atoms with van der Waals surface area (Å²) in [7, 11) is 3.54. The largest absolute Gasteiger partial charge is 0.497 e. The molecule has 0 saturated carbocycles. The zero-order chi connectivity index (χ0) is 19.9. The van der Waals surface area contributed by atoms with Crippen molar-refractivity contribution in [3.63, 3.8) is 0 Å². The monoisotopic (exact) mass is 398 g/mol. The first-order chi connectivity index (χ1) is 13.5. The second-order valence-electron chi connectivity index (χ2n) is 6.54. The minimum absolute atomic E-state index is 0.105. The lowest BCUT2D eigenvalue weighted by Gasteiger charge is -2.17. The Morgan fingerprint density at radius 1 is 1.21 bits per heavy atom. The van der Waals surface area contributed by atoms with Gasteiger partial charge < -0.3 is 10.1 Å². The second kappa shape index (κ2) is 9.39. The van der Waals surface area contributed by atoms with E-state index in [-0.39, 0.29) is 12.5 Å². The maximum absolute atomic E-state index is 12.5. The first kappa shape index (κ1) is 19.9. The van der Waals surface area contributed by atoms with Gasteiger partial charge in [-0.1, -0.05) is 41.9 Å². The fourth-order valence-corrected chi connectivity index (χ4v) is 3.11. The van der Waals surface area contributed by atoms with Crippen LogP contribution in [-0.4, -0.2) is 41.3 Å². The third-order valence-corrected chi connectivity index (χ3v) is 4.63. The van der Waals surface area contributed by atoms with Gasteiger partial charge in [-0.2, -0.15) is 5.10 Å². The molecule has 7 heteroatoms. The van der Waals surface area contributed by atoms with Crippen LogP contribution in [0.25, 0.3) is 0 Å². The first-order valence-electron chi connectivity index (χ1n) is 8.91. The molecule has 1 heterocycles. The molecule has 0 bridgehead atoms. The summed E-state index contributed by atoms with van der Waals surface area (Å²) in [6.45, 7) is 1.39. The SMILES string of the molecule is COc1cccc(CN(C)CC(=O)Nc2ccnn2Cc2ccccc2Cl)c1. The fourth-order valence-electron chi connectivity index (χ4n) is 2.92. The van der Waals surface area contributed by atoms with Crippen LogP contribution >= 0.6 is 11.6 Å². The fraction of sp³-hybridized carbons (Fsp3) is 0.238. The van der Waals surface area contributed by atoms with Gasteiger partial charge in [0, 0.05) is 17.6 Å². The molecule has 0 aliphatic rings. The van der Waals surface area contributed by atoms with Crippen molar-refractivity contribution in [3.8, 4) is 5.75 Å². The smallest absolute Gasteiger partial charge is 0.239 e. The Bertz CT molecular complexity index is 941. The molecule has 3 aromatic rings. The molecule has 1 aromatic heterocycles. The molecule has 1 amide bonds. The maximum Gasteiger partial charge on any atom is 0.239 e. The number of likely N-dealkylation sites (N-methyl/N-ethyl adjacent to an activating group) is 1. The van der Waals surface area contributed by atoms with Crippen molar-refractivity contribution >= 4 is 23.3 Å². The van der Waals surface area contributed by atoms with Crippen LogP contribution in [0.2, 0.25) is 5.02 Å². The van der Waals surface area contributed by atoms with Crippen molar-refractivity contribution in [2.24, 2.45) is 0 Å². The van der Waals surface area contributed by atoms with Crippen molar-refractivity contribution < 1.29 is 9.53 Å². The summed E-state index contributed by atoms with van der Waals surface area (Å²) in [5.41, 5.74) is 2.02. The van der Waals surface area contributed by atoms with E-state index in [0.717, 1.165) is 16.9 Å². The van der Waals surface area contributed by atoms with Crippen LogP contribution < -0.4 is 10.1 Å². The zero-order valence-corrected chi connectivity index (χ0v) is 16.7. The summed E-state index contributed by atoms with van der Waals surface area (Å²) in [5, 5.41) is 7.88.